The van der Waals surface area contributed by atoms with Gasteiger partial charge in [0, 0.05) is 0 Å². The van der Waals surface area contributed by atoms with Gasteiger partial charge >= 0.3 is 11.9 Å². The molecule has 0 unspecified atom stereocenters. The summed E-state index contributed by atoms with van der Waals surface area (Å²) in [6, 6.07) is 4.55. The number of thioether (sulfide) groups is 1. The lowest BCUT2D eigenvalue weighted by Gasteiger charge is -2.05. The van der Waals surface area contributed by atoms with Crippen LogP contribution >= 0.6 is 11.8 Å². The molecule has 0 bridgehead atoms. The number of methoxy groups -OCH3 is 1. The lowest BCUT2D eigenvalue weighted by atomic mass is 10.1. The van der Waals surface area contributed by atoms with Gasteiger partial charge in [0.25, 0.3) is 5.56 Å². The maximum Gasteiger partial charge on any atom is 0.337 e. The Balaban J connectivity index is 2.20. The van der Waals surface area contributed by atoms with Gasteiger partial charge < -0.3 is 14.5 Å². The van der Waals surface area contributed by atoms with E-state index >= 15 is 0 Å². The van der Waals surface area contributed by atoms with Crippen molar-refractivity contribution in [2.24, 2.45) is 0 Å². The zero-order chi connectivity index (χ0) is 16.8. The van der Waals surface area contributed by atoms with E-state index < -0.39 is 5.97 Å². The van der Waals surface area contributed by atoms with Crippen molar-refractivity contribution in [1.82, 2.24) is 9.97 Å². The van der Waals surface area contributed by atoms with Gasteiger partial charge in [0.15, 0.2) is 0 Å². The van der Waals surface area contributed by atoms with E-state index in [2.05, 4.69) is 14.7 Å². The van der Waals surface area contributed by atoms with Crippen LogP contribution in [0.1, 0.15) is 23.1 Å². The van der Waals surface area contributed by atoms with Crippen LogP contribution in [0.3, 0.4) is 0 Å². The van der Waals surface area contributed by atoms with E-state index in [1.165, 1.54) is 37.1 Å². The summed E-state index contributed by atoms with van der Waals surface area (Å²) in [6.45, 7) is 2.07. The number of fused-ring (bicyclic) bond motifs is 1. The Morgan fingerprint density at radius 2 is 2.13 bits per heavy atom. The highest BCUT2D eigenvalue weighted by Gasteiger charge is 2.10. The first-order valence-electron chi connectivity index (χ1n) is 6.89. The van der Waals surface area contributed by atoms with Crippen LogP contribution in [-0.2, 0) is 20.0 Å². The highest BCUT2D eigenvalue weighted by molar-refractivity contribution is 7.99. The van der Waals surface area contributed by atoms with Gasteiger partial charge in [-0.05, 0) is 25.1 Å². The van der Waals surface area contributed by atoms with Crippen molar-refractivity contribution in [2.45, 2.75) is 12.7 Å². The number of nitrogens with one attached hydrogen (secondary N) is 1. The fourth-order valence-electron chi connectivity index (χ4n) is 1.93. The minimum Gasteiger partial charge on any atom is -0.465 e. The molecule has 122 valence electrons. The number of esters is 2. The Morgan fingerprint density at radius 3 is 2.83 bits per heavy atom. The zero-order valence-corrected chi connectivity index (χ0v) is 13.6. The summed E-state index contributed by atoms with van der Waals surface area (Å²) in [5, 5.41) is 0.386. The Labute approximate surface area is 136 Å². The Kier molecular flexibility index (Phi) is 5.75. The number of benzene rings is 1. The van der Waals surface area contributed by atoms with E-state index in [-0.39, 0.29) is 17.3 Å². The molecular formula is C15H16N2O5S. The third-order valence-electron chi connectivity index (χ3n) is 2.94. The van der Waals surface area contributed by atoms with Crippen LogP contribution in [0.4, 0.5) is 0 Å². The number of carbonyl (C=O) groups is 2. The quantitative estimate of drug-likeness (QED) is 0.798. The lowest BCUT2D eigenvalue weighted by molar-refractivity contribution is -0.139. The average molecular weight is 336 g/mol. The summed E-state index contributed by atoms with van der Waals surface area (Å²) >= 11 is 1.29. The van der Waals surface area contributed by atoms with Gasteiger partial charge in [-0.25, -0.2) is 9.78 Å². The molecule has 0 radical (unpaired) electrons. The Bertz CT molecular complexity index is 787. The van der Waals surface area contributed by atoms with Crippen LogP contribution in [0.5, 0.6) is 0 Å². The zero-order valence-electron chi connectivity index (χ0n) is 12.8. The molecule has 0 amide bonds. The molecule has 1 heterocycles. The molecule has 0 saturated heterocycles. The second-order valence-corrected chi connectivity index (χ2v) is 5.52. The summed E-state index contributed by atoms with van der Waals surface area (Å²) in [4.78, 5) is 41.8. The van der Waals surface area contributed by atoms with Crippen molar-refractivity contribution in [3.05, 3.63) is 39.9 Å². The van der Waals surface area contributed by atoms with Crippen LogP contribution in [0, 0.1) is 0 Å². The van der Waals surface area contributed by atoms with Crippen molar-refractivity contribution in [3.63, 3.8) is 0 Å². The highest BCUT2D eigenvalue weighted by atomic mass is 32.2. The summed E-state index contributed by atoms with van der Waals surface area (Å²) in [5.74, 6) is 0.157. The second-order valence-electron chi connectivity index (χ2n) is 4.53. The van der Waals surface area contributed by atoms with Gasteiger partial charge in [0.2, 0.25) is 0 Å². The van der Waals surface area contributed by atoms with Crippen LogP contribution in [0.15, 0.2) is 23.0 Å². The molecule has 0 fully saturated rings. The molecule has 8 heteroatoms. The topological polar surface area (TPSA) is 98.3 Å². The minimum atomic E-state index is -0.493. The molecule has 7 nitrogen and oxygen atoms in total. The maximum absolute atomic E-state index is 12.0. The summed E-state index contributed by atoms with van der Waals surface area (Å²) in [5.41, 5.74) is 0.435. The molecule has 0 aliphatic rings. The number of nitrogens with zero attached hydrogens (tertiary/aromatic N) is 1. The predicted molar refractivity (Wildman–Crippen MR) is 86.5 cm³/mol. The monoisotopic (exact) mass is 336 g/mol. The van der Waals surface area contributed by atoms with E-state index in [1.54, 1.807) is 6.92 Å². The third-order valence-corrected chi connectivity index (χ3v) is 3.86. The smallest absolute Gasteiger partial charge is 0.337 e. The van der Waals surface area contributed by atoms with Crippen molar-refractivity contribution >= 4 is 34.6 Å². The van der Waals surface area contributed by atoms with Gasteiger partial charge in [-0.1, -0.05) is 0 Å². The molecule has 2 aromatic rings. The third kappa shape index (κ3) is 4.32. The molecule has 0 spiro atoms. The van der Waals surface area contributed by atoms with E-state index in [1.807, 2.05) is 0 Å². The van der Waals surface area contributed by atoms with E-state index in [4.69, 9.17) is 4.74 Å². The molecule has 1 aromatic heterocycles. The fourth-order valence-corrected chi connectivity index (χ4v) is 2.62. The molecule has 1 aromatic carbocycles. The van der Waals surface area contributed by atoms with Crippen LogP contribution in [0.2, 0.25) is 0 Å². The SMILES string of the molecule is CCOC(=O)CSCc1nc2cc(C(=O)OC)ccc2c(=O)[nH]1. The van der Waals surface area contributed by atoms with Gasteiger partial charge in [-0.15, -0.1) is 11.8 Å². The summed E-state index contributed by atoms with van der Waals surface area (Å²) < 4.78 is 9.48. The van der Waals surface area contributed by atoms with E-state index in [0.717, 1.165) is 0 Å². The highest BCUT2D eigenvalue weighted by Crippen LogP contribution is 2.14. The van der Waals surface area contributed by atoms with Crippen LogP contribution in [0.25, 0.3) is 10.9 Å². The molecule has 23 heavy (non-hydrogen) atoms. The average Bonchev–Trinajstić information content (AvgIpc) is 2.54. The summed E-state index contributed by atoms with van der Waals surface area (Å²) in [6.07, 6.45) is 0. The number of aromatic nitrogens is 2. The Hall–Kier alpha value is -2.35. The fraction of sp³-hybridized carbons (Fsp3) is 0.333. The molecule has 1 N–H and O–H groups in total. The van der Waals surface area contributed by atoms with E-state index in [0.29, 0.717) is 34.7 Å². The predicted octanol–water partition coefficient (Wildman–Crippen LogP) is 1.51. The number of H-pyrrole nitrogens is 1. The van der Waals surface area contributed by atoms with Crippen molar-refractivity contribution in [1.29, 1.82) is 0 Å². The molecule has 0 atom stereocenters. The van der Waals surface area contributed by atoms with Gasteiger partial charge in [0.1, 0.15) is 5.82 Å². The normalized spacial score (nSPS) is 10.5. The first kappa shape index (κ1) is 17.0. The number of rotatable bonds is 6. The Morgan fingerprint density at radius 1 is 1.35 bits per heavy atom. The van der Waals surface area contributed by atoms with Gasteiger partial charge in [-0.3, -0.25) is 9.59 Å². The van der Waals surface area contributed by atoms with Crippen molar-refractivity contribution < 1.29 is 19.1 Å². The summed E-state index contributed by atoms with van der Waals surface area (Å²) in [7, 11) is 1.29. The lowest BCUT2D eigenvalue weighted by Crippen LogP contribution is -2.13. The minimum absolute atomic E-state index is 0.178. The first-order valence-corrected chi connectivity index (χ1v) is 8.05. The van der Waals surface area contributed by atoms with Crippen molar-refractivity contribution in [2.75, 3.05) is 19.5 Å². The number of aromatic amines is 1. The number of carbonyl (C=O) groups excluding carboxylic acids is 2. The van der Waals surface area contributed by atoms with E-state index in [9.17, 15) is 14.4 Å². The number of hydrogen-bond donors (Lipinski definition) is 1. The molecular weight excluding hydrogens is 320 g/mol. The largest absolute Gasteiger partial charge is 0.465 e. The standard InChI is InChI=1S/C15H16N2O5S/c1-3-22-13(18)8-23-7-12-16-11-6-9(15(20)21-2)4-5-10(11)14(19)17-12/h4-6H,3,7-8H2,1-2H3,(H,16,17,19). The van der Waals surface area contributed by atoms with Gasteiger partial charge in [-0.2, -0.15) is 0 Å². The first-order chi connectivity index (χ1) is 11.0. The maximum atomic E-state index is 12.0. The molecule has 2 rings (SSSR count). The molecule has 0 aliphatic heterocycles. The van der Waals surface area contributed by atoms with Crippen LogP contribution < -0.4 is 5.56 Å². The second kappa shape index (κ2) is 7.77. The number of hydrogen-bond acceptors (Lipinski definition) is 7. The molecule has 0 saturated carbocycles. The molecule has 0 aliphatic carbocycles. The van der Waals surface area contributed by atoms with Crippen molar-refractivity contribution in [3.8, 4) is 0 Å². The van der Waals surface area contributed by atoms with Gasteiger partial charge in [0.05, 0.1) is 41.7 Å². The number of ether oxygens (including phenoxy) is 2. The van der Waals surface area contributed by atoms with Crippen LogP contribution in [-0.4, -0.2) is 41.4 Å².